The first-order valence-corrected chi connectivity index (χ1v) is 6.60. The summed E-state index contributed by atoms with van der Waals surface area (Å²) in [5.41, 5.74) is 3.35. The molecule has 0 saturated carbocycles. The van der Waals surface area contributed by atoms with Crippen molar-refractivity contribution >= 4 is 0 Å². The molecule has 3 rings (SSSR count). The highest BCUT2D eigenvalue weighted by atomic mass is 16.6. The molecule has 2 heterocycles. The maximum Gasteiger partial charge on any atom is 0.162 e. The highest BCUT2D eigenvalue weighted by Crippen LogP contribution is 2.36. The minimum atomic E-state index is 0.442. The Morgan fingerprint density at radius 3 is 2.63 bits per heavy atom. The van der Waals surface area contributed by atoms with E-state index in [9.17, 15) is 0 Å². The summed E-state index contributed by atoms with van der Waals surface area (Å²) in [6.45, 7) is 5.58. The van der Waals surface area contributed by atoms with Gasteiger partial charge in [-0.05, 0) is 35.7 Å². The molecule has 0 unspecified atom stereocenters. The summed E-state index contributed by atoms with van der Waals surface area (Å²) < 4.78 is 11.2. The van der Waals surface area contributed by atoms with Crippen LogP contribution in [-0.4, -0.2) is 18.2 Å². The van der Waals surface area contributed by atoms with Gasteiger partial charge in [0.2, 0.25) is 0 Å². The van der Waals surface area contributed by atoms with Crippen LogP contribution in [0.25, 0.3) is 11.3 Å². The van der Waals surface area contributed by atoms with Crippen LogP contribution in [0, 0.1) is 0 Å². The molecule has 98 valence electrons. The number of nitrogens with zero attached hydrogens (tertiary/aromatic N) is 1. The molecular weight excluding hydrogens is 238 g/mol. The number of hydrogen-bond donors (Lipinski definition) is 0. The van der Waals surface area contributed by atoms with Crippen molar-refractivity contribution in [2.75, 3.05) is 13.2 Å². The van der Waals surface area contributed by atoms with Crippen LogP contribution >= 0.6 is 0 Å². The van der Waals surface area contributed by atoms with Crippen molar-refractivity contribution in [2.45, 2.75) is 19.8 Å². The Balaban J connectivity index is 2.07. The number of hydrogen-bond acceptors (Lipinski definition) is 3. The topological polar surface area (TPSA) is 31.4 Å². The molecule has 3 nitrogen and oxygen atoms in total. The molecule has 0 N–H and O–H groups in total. The van der Waals surface area contributed by atoms with Crippen molar-refractivity contribution in [3.8, 4) is 22.8 Å². The Morgan fingerprint density at radius 1 is 1.05 bits per heavy atom. The summed E-state index contributed by atoms with van der Waals surface area (Å²) >= 11 is 0. The van der Waals surface area contributed by atoms with Crippen LogP contribution in [-0.2, 0) is 0 Å². The predicted octanol–water partition coefficient (Wildman–Crippen LogP) is 3.64. The Morgan fingerprint density at radius 2 is 1.84 bits per heavy atom. The van der Waals surface area contributed by atoms with E-state index in [4.69, 9.17) is 9.47 Å². The molecule has 0 fully saturated rings. The van der Waals surface area contributed by atoms with Gasteiger partial charge in [0.05, 0.1) is 5.69 Å². The quantitative estimate of drug-likeness (QED) is 0.821. The molecule has 1 aliphatic rings. The fourth-order valence-electron chi connectivity index (χ4n) is 2.32. The van der Waals surface area contributed by atoms with E-state index in [0.29, 0.717) is 19.1 Å². The first-order chi connectivity index (χ1) is 9.25. The summed E-state index contributed by atoms with van der Waals surface area (Å²) in [7, 11) is 0. The molecule has 0 bridgehead atoms. The van der Waals surface area contributed by atoms with Gasteiger partial charge in [0.1, 0.15) is 13.2 Å². The molecule has 19 heavy (non-hydrogen) atoms. The van der Waals surface area contributed by atoms with E-state index in [1.54, 1.807) is 0 Å². The van der Waals surface area contributed by atoms with Crippen molar-refractivity contribution in [3.63, 3.8) is 0 Å². The van der Waals surface area contributed by atoms with Gasteiger partial charge < -0.3 is 9.47 Å². The van der Waals surface area contributed by atoms with E-state index in [1.807, 2.05) is 30.5 Å². The second-order valence-electron chi connectivity index (χ2n) is 4.95. The van der Waals surface area contributed by atoms with Crippen molar-refractivity contribution in [1.29, 1.82) is 0 Å². The van der Waals surface area contributed by atoms with Gasteiger partial charge >= 0.3 is 0 Å². The fourth-order valence-corrected chi connectivity index (χ4v) is 2.32. The third-order valence-electron chi connectivity index (χ3n) is 3.28. The van der Waals surface area contributed by atoms with Crippen molar-refractivity contribution < 1.29 is 9.47 Å². The Kier molecular flexibility index (Phi) is 3.11. The van der Waals surface area contributed by atoms with Gasteiger partial charge in [-0.25, -0.2) is 0 Å². The van der Waals surface area contributed by atoms with E-state index in [0.717, 1.165) is 22.8 Å². The lowest BCUT2D eigenvalue weighted by molar-refractivity contribution is 0.171. The summed E-state index contributed by atoms with van der Waals surface area (Å²) in [6.07, 6.45) is 1.83. The highest BCUT2D eigenvalue weighted by Gasteiger charge is 2.15. The van der Waals surface area contributed by atoms with Crippen molar-refractivity contribution in [2.24, 2.45) is 0 Å². The lowest BCUT2D eigenvalue weighted by atomic mass is 9.97. The van der Waals surface area contributed by atoms with Crippen LogP contribution in [0.15, 0.2) is 36.5 Å². The third-order valence-corrected chi connectivity index (χ3v) is 3.28. The lowest BCUT2D eigenvalue weighted by Crippen LogP contribution is -2.15. The van der Waals surface area contributed by atoms with E-state index >= 15 is 0 Å². The molecule has 2 aromatic rings. The maximum atomic E-state index is 5.63. The van der Waals surface area contributed by atoms with Crippen LogP contribution < -0.4 is 9.47 Å². The average molecular weight is 255 g/mol. The van der Waals surface area contributed by atoms with Gasteiger partial charge in [-0.15, -0.1) is 0 Å². The average Bonchev–Trinajstić information content (AvgIpc) is 2.46. The van der Waals surface area contributed by atoms with Gasteiger partial charge in [0.15, 0.2) is 11.5 Å². The minimum Gasteiger partial charge on any atom is -0.486 e. The summed E-state index contributed by atoms with van der Waals surface area (Å²) in [5.74, 6) is 2.07. The second-order valence-corrected chi connectivity index (χ2v) is 4.95. The summed E-state index contributed by atoms with van der Waals surface area (Å²) in [5, 5.41) is 0. The van der Waals surface area contributed by atoms with E-state index in [1.165, 1.54) is 5.56 Å². The van der Waals surface area contributed by atoms with Crippen LogP contribution in [0.5, 0.6) is 11.5 Å². The van der Waals surface area contributed by atoms with Gasteiger partial charge in [0.25, 0.3) is 0 Å². The molecule has 1 aliphatic heterocycles. The number of ether oxygens (including phenoxy) is 2. The van der Waals surface area contributed by atoms with Gasteiger partial charge in [-0.1, -0.05) is 19.9 Å². The van der Waals surface area contributed by atoms with Crippen molar-refractivity contribution in [1.82, 2.24) is 4.98 Å². The zero-order chi connectivity index (χ0) is 13.2. The largest absolute Gasteiger partial charge is 0.486 e. The Labute approximate surface area is 113 Å². The molecule has 3 heteroatoms. The van der Waals surface area contributed by atoms with Crippen LogP contribution in [0.1, 0.15) is 25.3 Å². The zero-order valence-corrected chi connectivity index (χ0v) is 11.2. The fraction of sp³-hybridized carbons (Fsp3) is 0.312. The van der Waals surface area contributed by atoms with Gasteiger partial charge in [0, 0.05) is 11.8 Å². The van der Waals surface area contributed by atoms with E-state index < -0.39 is 0 Å². The summed E-state index contributed by atoms with van der Waals surface area (Å²) in [6, 6.07) is 10.1. The molecule has 0 aliphatic carbocycles. The number of fused-ring (bicyclic) bond motifs is 1. The minimum absolute atomic E-state index is 0.442. The van der Waals surface area contributed by atoms with Gasteiger partial charge in [-0.2, -0.15) is 0 Å². The first-order valence-electron chi connectivity index (χ1n) is 6.60. The first kappa shape index (κ1) is 12.0. The highest BCUT2D eigenvalue weighted by molar-refractivity contribution is 5.67. The standard InChI is InChI=1S/C16H17NO2/c1-11(2)13-4-3-7-17-16(13)12-5-6-14-15(10-12)19-9-8-18-14/h3-7,10-11H,8-9H2,1-2H3. The van der Waals surface area contributed by atoms with Crippen LogP contribution in [0.3, 0.4) is 0 Å². The third kappa shape index (κ3) is 2.28. The SMILES string of the molecule is CC(C)c1cccnc1-c1ccc2c(c1)OCCO2. The van der Waals surface area contributed by atoms with E-state index in [2.05, 4.69) is 24.9 Å². The number of rotatable bonds is 2. The Bertz CT molecular complexity index is 593. The molecule has 1 aromatic carbocycles. The molecular formula is C16H17NO2. The zero-order valence-electron chi connectivity index (χ0n) is 11.2. The number of aromatic nitrogens is 1. The molecule has 0 atom stereocenters. The summed E-state index contributed by atoms with van der Waals surface area (Å²) in [4.78, 5) is 4.52. The van der Waals surface area contributed by atoms with E-state index in [-0.39, 0.29) is 0 Å². The monoisotopic (exact) mass is 255 g/mol. The molecule has 0 spiro atoms. The predicted molar refractivity (Wildman–Crippen MR) is 74.8 cm³/mol. The van der Waals surface area contributed by atoms with Gasteiger partial charge in [-0.3, -0.25) is 4.98 Å². The normalized spacial score (nSPS) is 13.6. The molecule has 0 radical (unpaired) electrons. The Hall–Kier alpha value is -2.03. The number of benzene rings is 1. The van der Waals surface area contributed by atoms with Crippen LogP contribution in [0.2, 0.25) is 0 Å². The van der Waals surface area contributed by atoms with Crippen molar-refractivity contribution in [3.05, 3.63) is 42.1 Å². The maximum absolute atomic E-state index is 5.63. The smallest absolute Gasteiger partial charge is 0.162 e. The lowest BCUT2D eigenvalue weighted by Gasteiger charge is -2.19. The molecule has 0 saturated heterocycles. The molecule has 0 amide bonds. The van der Waals surface area contributed by atoms with Crippen LogP contribution in [0.4, 0.5) is 0 Å². The second kappa shape index (κ2) is 4.92. The number of pyridine rings is 1. The molecule has 1 aromatic heterocycles.